The molecule has 1 heterocycles. The number of anilines is 2. The topological polar surface area (TPSA) is 91.4 Å². The maximum absolute atomic E-state index is 13.9. The number of hydrogen-bond donors (Lipinski definition) is 1. The summed E-state index contributed by atoms with van der Waals surface area (Å²) >= 11 is 0. The molecule has 2 amide bonds. The summed E-state index contributed by atoms with van der Waals surface area (Å²) in [5, 5.41) is 4.95. The number of amides is 2. The lowest BCUT2D eigenvalue weighted by molar-refractivity contribution is -0.159. The van der Waals surface area contributed by atoms with Crippen molar-refractivity contribution in [2.24, 2.45) is 0 Å². The maximum Gasteiger partial charge on any atom is 0.414 e. The van der Waals surface area contributed by atoms with Gasteiger partial charge in [0.1, 0.15) is 11.2 Å². The largest absolute Gasteiger partial charge is 0.458 e. The maximum atomic E-state index is 13.9. The molecule has 1 atom stereocenters. The van der Waals surface area contributed by atoms with Crippen LogP contribution in [0.15, 0.2) is 36.4 Å². The summed E-state index contributed by atoms with van der Waals surface area (Å²) in [5.41, 5.74) is -0.449. The van der Waals surface area contributed by atoms with Gasteiger partial charge in [0, 0.05) is 31.6 Å². The molecular formula is C33H50N4O5. The van der Waals surface area contributed by atoms with Gasteiger partial charge in [-0.15, -0.1) is 0 Å². The number of rotatable bonds is 10. The first kappa shape index (κ1) is 33.2. The number of carbonyl (C=O) groups excluding carboxylic acids is 3. The van der Waals surface area contributed by atoms with Gasteiger partial charge < -0.3 is 24.6 Å². The zero-order valence-corrected chi connectivity index (χ0v) is 26.8. The lowest BCUT2D eigenvalue weighted by Crippen LogP contribution is -2.49. The highest BCUT2D eigenvalue weighted by molar-refractivity contribution is 6.10. The summed E-state index contributed by atoms with van der Waals surface area (Å²) in [6, 6.07) is 10.2. The lowest BCUT2D eigenvalue weighted by Gasteiger charge is -2.34. The summed E-state index contributed by atoms with van der Waals surface area (Å²) in [4.78, 5) is 46.7. The minimum atomic E-state index is -1.30. The Morgan fingerprint density at radius 2 is 1.50 bits per heavy atom. The fourth-order valence-corrected chi connectivity index (χ4v) is 5.15. The molecular weight excluding hydrogens is 532 g/mol. The van der Waals surface area contributed by atoms with Crippen molar-refractivity contribution in [1.82, 2.24) is 9.80 Å². The number of ether oxygens (including phenoxy) is 2. The van der Waals surface area contributed by atoms with Crippen LogP contribution in [0.1, 0.15) is 74.7 Å². The van der Waals surface area contributed by atoms with Crippen LogP contribution >= 0.6 is 0 Å². The summed E-state index contributed by atoms with van der Waals surface area (Å²) in [6.45, 7) is 18.5. The van der Waals surface area contributed by atoms with Crippen LogP contribution in [-0.4, -0.2) is 84.3 Å². The molecule has 2 aromatic rings. The van der Waals surface area contributed by atoms with E-state index in [4.69, 9.17) is 9.47 Å². The van der Waals surface area contributed by atoms with E-state index in [1.54, 1.807) is 30.6 Å². The van der Waals surface area contributed by atoms with E-state index in [2.05, 4.69) is 10.2 Å². The number of nitrogens with one attached hydrogen (secondary N) is 1. The van der Waals surface area contributed by atoms with E-state index in [9.17, 15) is 14.4 Å². The number of hydrogen-bond acceptors (Lipinski definition) is 7. The fourth-order valence-electron chi connectivity index (χ4n) is 5.15. The number of likely N-dealkylation sites (tertiary alicyclic amines) is 1. The molecule has 0 radical (unpaired) electrons. The quantitative estimate of drug-likeness (QED) is 0.269. The van der Waals surface area contributed by atoms with E-state index in [1.807, 2.05) is 71.0 Å². The van der Waals surface area contributed by atoms with Crippen molar-refractivity contribution < 1.29 is 23.9 Å². The molecule has 1 unspecified atom stereocenters. The molecule has 0 saturated carbocycles. The van der Waals surface area contributed by atoms with Crippen LogP contribution in [0.3, 0.4) is 0 Å². The highest BCUT2D eigenvalue weighted by Crippen LogP contribution is 2.36. The van der Waals surface area contributed by atoms with Crippen molar-refractivity contribution in [2.75, 3.05) is 49.5 Å². The number of nitrogens with zero attached hydrogens (tertiary/aromatic N) is 3. The Kier molecular flexibility index (Phi) is 11.2. The molecule has 0 aromatic heterocycles. The molecule has 1 fully saturated rings. The van der Waals surface area contributed by atoms with Crippen molar-refractivity contribution in [3.63, 3.8) is 0 Å². The van der Waals surface area contributed by atoms with E-state index in [1.165, 1.54) is 6.42 Å². The number of likely N-dealkylation sites (N-methyl/N-ethyl adjacent to an activating group) is 1. The van der Waals surface area contributed by atoms with Crippen LogP contribution in [0, 0.1) is 0 Å². The molecule has 2 aromatic carbocycles. The molecule has 42 heavy (non-hydrogen) atoms. The Labute approximate surface area is 251 Å². The molecule has 1 N–H and O–H groups in total. The van der Waals surface area contributed by atoms with Crippen molar-refractivity contribution in [3.8, 4) is 0 Å². The number of benzene rings is 2. The van der Waals surface area contributed by atoms with Crippen molar-refractivity contribution in [1.29, 1.82) is 0 Å². The van der Waals surface area contributed by atoms with Gasteiger partial charge in [0.05, 0.1) is 11.4 Å². The van der Waals surface area contributed by atoms with Crippen LogP contribution in [0.25, 0.3) is 10.8 Å². The third kappa shape index (κ3) is 9.08. The molecule has 0 spiro atoms. The molecule has 9 nitrogen and oxygen atoms in total. The predicted octanol–water partition coefficient (Wildman–Crippen LogP) is 6.06. The second kappa shape index (κ2) is 14.2. The highest BCUT2D eigenvalue weighted by atomic mass is 16.6. The Bertz CT molecular complexity index is 1220. The second-order valence-electron chi connectivity index (χ2n) is 12.8. The van der Waals surface area contributed by atoms with Gasteiger partial charge in [-0.2, -0.15) is 0 Å². The zero-order valence-electron chi connectivity index (χ0n) is 26.8. The Morgan fingerprint density at radius 1 is 0.881 bits per heavy atom. The predicted molar refractivity (Wildman–Crippen MR) is 169 cm³/mol. The van der Waals surface area contributed by atoms with E-state index in [0.717, 1.165) is 36.7 Å². The average molecular weight is 583 g/mol. The average Bonchev–Trinajstić information content (AvgIpc) is 2.91. The monoisotopic (exact) mass is 582 g/mol. The number of carbonyl (C=O) groups is 3. The van der Waals surface area contributed by atoms with E-state index in [0.29, 0.717) is 37.6 Å². The second-order valence-corrected chi connectivity index (χ2v) is 12.8. The minimum Gasteiger partial charge on any atom is -0.458 e. The van der Waals surface area contributed by atoms with Crippen LogP contribution in [0.4, 0.5) is 16.2 Å². The lowest BCUT2D eigenvalue weighted by atomic mass is 10.0. The third-order valence-electron chi connectivity index (χ3n) is 7.14. The molecule has 232 valence electrons. The molecule has 0 aliphatic carbocycles. The van der Waals surface area contributed by atoms with Gasteiger partial charge in [-0.1, -0.05) is 36.8 Å². The van der Waals surface area contributed by atoms with Gasteiger partial charge >= 0.3 is 12.1 Å². The summed E-state index contributed by atoms with van der Waals surface area (Å²) in [5.74, 6) is -1.05. The van der Waals surface area contributed by atoms with E-state index >= 15 is 0 Å². The van der Waals surface area contributed by atoms with Crippen LogP contribution < -0.4 is 10.2 Å². The zero-order chi connectivity index (χ0) is 31.1. The number of piperidine rings is 1. The van der Waals surface area contributed by atoms with Crippen molar-refractivity contribution >= 4 is 40.1 Å². The molecule has 0 bridgehead atoms. The molecule has 3 rings (SSSR count). The van der Waals surface area contributed by atoms with Gasteiger partial charge in [-0.05, 0) is 92.8 Å². The first-order chi connectivity index (χ1) is 19.7. The molecule has 1 saturated heterocycles. The normalized spacial score (nSPS) is 15.1. The Balaban J connectivity index is 2.14. The summed E-state index contributed by atoms with van der Waals surface area (Å²) in [7, 11) is 0. The molecule has 1 aliphatic rings. The molecule has 1 aliphatic heterocycles. The highest BCUT2D eigenvalue weighted by Gasteiger charge is 2.36. The van der Waals surface area contributed by atoms with Crippen molar-refractivity contribution in [2.45, 2.75) is 91.9 Å². The van der Waals surface area contributed by atoms with Crippen LogP contribution in [-0.2, 0) is 19.1 Å². The SMILES string of the molecule is CCN(CC)C(=O)C(Nc1ccc2ccccc2c1N(CCN1CCCCC1)C(=O)OC(C)(C)C)C(=O)OC(C)(C)C. The minimum absolute atomic E-state index is 0.384. The fraction of sp³-hybridized carbons (Fsp3) is 0.606. The number of fused-ring (bicyclic) bond motifs is 1. The number of esters is 1. The first-order valence-electron chi connectivity index (χ1n) is 15.3. The summed E-state index contributed by atoms with van der Waals surface area (Å²) in [6.07, 6.45) is 3.01. The van der Waals surface area contributed by atoms with Gasteiger partial charge in [0.15, 0.2) is 0 Å². The Morgan fingerprint density at radius 3 is 2.10 bits per heavy atom. The third-order valence-corrected chi connectivity index (χ3v) is 7.14. The Hall–Kier alpha value is -3.33. The van der Waals surface area contributed by atoms with Gasteiger partial charge in [0.25, 0.3) is 5.91 Å². The van der Waals surface area contributed by atoms with E-state index in [-0.39, 0.29) is 5.91 Å². The standard InChI is InChI=1S/C33H50N4O5/c1-9-36(10-2)29(38)27(30(39)41-32(3,4)5)34-26-19-18-24-16-12-13-17-25(24)28(26)37(31(40)42-33(6,7)8)23-22-35-20-14-11-15-21-35/h12-13,16-19,27,34H,9-11,14-15,20-23H2,1-8H3. The smallest absolute Gasteiger partial charge is 0.414 e. The van der Waals surface area contributed by atoms with Gasteiger partial charge in [-0.3, -0.25) is 9.69 Å². The van der Waals surface area contributed by atoms with Gasteiger partial charge in [0.2, 0.25) is 6.04 Å². The van der Waals surface area contributed by atoms with Gasteiger partial charge in [-0.25, -0.2) is 9.59 Å². The first-order valence-corrected chi connectivity index (χ1v) is 15.3. The van der Waals surface area contributed by atoms with Crippen molar-refractivity contribution in [3.05, 3.63) is 36.4 Å². The summed E-state index contributed by atoms with van der Waals surface area (Å²) < 4.78 is 11.6. The molecule has 9 heteroatoms. The van der Waals surface area contributed by atoms with E-state index < -0.39 is 29.3 Å². The van der Waals surface area contributed by atoms with Crippen LogP contribution in [0.5, 0.6) is 0 Å². The van der Waals surface area contributed by atoms with Crippen LogP contribution in [0.2, 0.25) is 0 Å².